The van der Waals surface area contributed by atoms with Crippen molar-refractivity contribution in [1.29, 1.82) is 0 Å². The van der Waals surface area contributed by atoms with Crippen LogP contribution in [0.25, 0.3) is 0 Å². The zero-order valence-electron chi connectivity index (χ0n) is 11.5. The van der Waals surface area contributed by atoms with Crippen molar-refractivity contribution in [3.05, 3.63) is 58.1 Å². The number of halogens is 1. The summed E-state index contributed by atoms with van der Waals surface area (Å²) in [6, 6.07) is 14.2. The first kappa shape index (κ1) is 15.0. The lowest BCUT2D eigenvalue weighted by Crippen LogP contribution is -2.10. The van der Waals surface area contributed by atoms with E-state index in [0.717, 1.165) is 21.4 Å². The van der Waals surface area contributed by atoms with E-state index in [-0.39, 0.29) is 0 Å². The number of hydrogen-bond acceptors (Lipinski definition) is 2. The molecular formula is C16H17BrN2S. The lowest BCUT2D eigenvalue weighted by molar-refractivity contribution is 0.869. The van der Waals surface area contributed by atoms with Crippen LogP contribution in [-0.4, -0.2) is 4.99 Å². The molecule has 2 nitrogen and oxygen atoms in total. The van der Waals surface area contributed by atoms with Crippen LogP contribution < -0.4 is 11.1 Å². The fourth-order valence-corrected chi connectivity index (χ4v) is 2.96. The smallest absolute Gasteiger partial charge is 0.105 e. The van der Waals surface area contributed by atoms with Crippen molar-refractivity contribution < 1.29 is 0 Å². The Morgan fingerprint density at radius 1 is 1.20 bits per heavy atom. The van der Waals surface area contributed by atoms with Crippen LogP contribution >= 0.6 is 28.1 Å². The number of benzene rings is 2. The minimum Gasteiger partial charge on any atom is -0.389 e. The second-order valence-electron chi connectivity index (χ2n) is 4.93. The maximum absolute atomic E-state index is 5.66. The SMILES string of the molecule is CC(C)c1ccccc1Nc1ccc(C(N)=S)c(Br)c1. The molecule has 2 aromatic rings. The summed E-state index contributed by atoms with van der Waals surface area (Å²) in [4.78, 5) is 0.394. The highest BCUT2D eigenvalue weighted by molar-refractivity contribution is 9.10. The molecule has 0 spiro atoms. The summed E-state index contributed by atoms with van der Waals surface area (Å²) >= 11 is 8.51. The third-order valence-corrected chi connectivity index (χ3v) is 3.97. The van der Waals surface area contributed by atoms with Gasteiger partial charge in [-0.2, -0.15) is 0 Å². The molecule has 0 aliphatic carbocycles. The predicted octanol–water partition coefficient (Wildman–Crippen LogP) is 4.95. The second-order valence-corrected chi connectivity index (χ2v) is 6.22. The van der Waals surface area contributed by atoms with E-state index in [9.17, 15) is 0 Å². The van der Waals surface area contributed by atoms with Gasteiger partial charge in [0.05, 0.1) is 0 Å². The fraction of sp³-hybridized carbons (Fsp3) is 0.188. The first-order valence-electron chi connectivity index (χ1n) is 6.44. The number of nitrogens with two attached hydrogens (primary N) is 1. The highest BCUT2D eigenvalue weighted by Crippen LogP contribution is 2.29. The molecule has 0 amide bonds. The van der Waals surface area contributed by atoms with E-state index in [1.807, 2.05) is 24.3 Å². The van der Waals surface area contributed by atoms with Gasteiger partial charge in [-0.3, -0.25) is 0 Å². The van der Waals surface area contributed by atoms with Gasteiger partial charge in [-0.1, -0.05) is 44.3 Å². The summed E-state index contributed by atoms with van der Waals surface area (Å²) in [5.41, 5.74) is 9.93. The number of thiocarbonyl (C=S) groups is 1. The Hall–Kier alpha value is -1.39. The van der Waals surface area contributed by atoms with Crippen molar-refractivity contribution in [2.45, 2.75) is 19.8 Å². The van der Waals surface area contributed by atoms with Crippen LogP contribution in [-0.2, 0) is 0 Å². The highest BCUT2D eigenvalue weighted by atomic mass is 79.9. The highest BCUT2D eigenvalue weighted by Gasteiger charge is 2.08. The van der Waals surface area contributed by atoms with Gasteiger partial charge >= 0.3 is 0 Å². The average Bonchev–Trinajstić information content (AvgIpc) is 2.38. The molecule has 0 heterocycles. The van der Waals surface area contributed by atoms with Crippen LogP contribution in [0.15, 0.2) is 46.9 Å². The van der Waals surface area contributed by atoms with Gasteiger partial charge < -0.3 is 11.1 Å². The van der Waals surface area contributed by atoms with Crippen LogP contribution in [0.5, 0.6) is 0 Å². The molecule has 4 heteroatoms. The minimum atomic E-state index is 0.394. The Morgan fingerprint density at radius 2 is 1.90 bits per heavy atom. The standard InChI is InChI=1S/C16H17BrN2S/c1-10(2)12-5-3-4-6-15(12)19-11-7-8-13(16(18)20)14(17)9-11/h3-10,19H,1-2H3,(H2,18,20). The van der Waals surface area contributed by atoms with E-state index in [1.54, 1.807) is 0 Å². The van der Waals surface area contributed by atoms with Crippen molar-refractivity contribution in [3.8, 4) is 0 Å². The lowest BCUT2D eigenvalue weighted by atomic mass is 10.0. The van der Waals surface area contributed by atoms with Crippen LogP contribution in [0.4, 0.5) is 11.4 Å². The van der Waals surface area contributed by atoms with Gasteiger partial charge in [0, 0.05) is 21.4 Å². The summed E-state index contributed by atoms with van der Waals surface area (Å²) in [5, 5.41) is 3.45. The van der Waals surface area contributed by atoms with Crippen molar-refractivity contribution in [1.82, 2.24) is 0 Å². The molecule has 0 aromatic heterocycles. The number of rotatable bonds is 4. The average molecular weight is 349 g/mol. The number of nitrogens with one attached hydrogen (secondary N) is 1. The van der Waals surface area contributed by atoms with E-state index in [1.165, 1.54) is 5.56 Å². The van der Waals surface area contributed by atoms with Gasteiger partial charge in [-0.15, -0.1) is 0 Å². The molecule has 20 heavy (non-hydrogen) atoms. The van der Waals surface area contributed by atoms with Gasteiger partial charge in [0.15, 0.2) is 0 Å². The van der Waals surface area contributed by atoms with E-state index in [2.05, 4.69) is 53.3 Å². The van der Waals surface area contributed by atoms with Gasteiger partial charge in [-0.25, -0.2) is 0 Å². The molecule has 0 saturated carbocycles. The maximum atomic E-state index is 5.66. The minimum absolute atomic E-state index is 0.394. The van der Waals surface area contributed by atoms with Crippen molar-refractivity contribution in [2.75, 3.05) is 5.32 Å². The molecule has 2 aromatic carbocycles. The summed E-state index contributed by atoms with van der Waals surface area (Å²) in [7, 11) is 0. The Labute approximate surface area is 133 Å². The number of hydrogen-bond donors (Lipinski definition) is 2. The van der Waals surface area contributed by atoms with Crippen molar-refractivity contribution in [3.63, 3.8) is 0 Å². The molecule has 104 valence electrons. The molecule has 2 rings (SSSR count). The van der Waals surface area contributed by atoms with E-state index < -0.39 is 0 Å². The molecule has 0 atom stereocenters. The predicted molar refractivity (Wildman–Crippen MR) is 93.8 cm³/mol. The van der Waals surface area contributed by atoms with Crippen LogP contribution in [0.2, 0.25) is 0 Å². The summed E-state index contributed by atoms with van der Waals surface area (Å²) in [6.07, 6.45) is 0. The molecule has 0 aliphatic heterocycles. The van der Waals surface area contributed by atoms with Gasteiger partial charge in [0.1, 0.15) is 4.99 Å². The fourth-order valence-electron chi connectivity index (χ4n) is 2.06. The molecule has 0 saturated heterocycles. The van der Waals surface area contributed by atoms with E-state index >= 15 is 0 Å². The quantitative estimate of drug-likeness (QED) is 0.767. The van der Waals surface area contributed by atoms with Crippen molar-refractivity contribution >= 4 is 44.5 Å². The van der Waals surface area contributed by atoms with Crippen LogP contribution in [0, 0.1) is 0 Å². The number of para-hydroxylation sites is 1. The molecule has 0 fully saturated rings. The van der Waals surface area contributed by atoms with Gasteiger partial charge in [-0.05, 0) is 51.7 Å². The molecule has 3 N–H and O–H groups in total. The van der Waals surface area contributed by atoms with Gasteiger partial charge in [0.2, 0.25) is 0 Å². The van der Waals surface area contributed by atoms with E-state index in [4.69, 9.17) is 18.0 Å². The zero-order chi connectivity index (χ0) is 14.7. The Bertz CT molecular complexity index is 638. The van der Waals surface area contributed by atoms with Gasteiger partial charge in [0.25, 0.3) is 0 Å². The third kappa shape index (κ3) is 3.38. The maximum Gasteiger partial charge on any atom is 0.105 e. The molecule has 0 bridgehead atoms. The second kappa shape index (κ2) is 6.37. The molecular weight excluding hydrogens is 332 g/mol. The monoisotopic (exact) mass is 348 g/mol. The largest absolute Gasteiger partial charge is 0.389 e. The third-order valence-electron chi connectivity index (χ3n) is 3.10. The molecule has 0 unspecified atom stereocenters. The van der Waals surface area contributed by atoms with Crippen molar-refractivity contribution in [2.24, 2.45) is 5.73 Å². The topological polar surface area (TPSA) is 38.0 Å². The van der Waals surface area contributed by atoms with Crippen LogP contribution in [0.1, 0.15) is 30.9 Å². The first-order chi connectivity index (χ1) is 9.49. The Kier molecular flexibility index (Phi) is 4.78. The zero-order valence-corrected chi connectivity index (χ0v) is 13.9. The summed E-state index contributed by atoms with van der Waals surface area (Å²) in [6.45, 7) is 4.37. The summed E-state index contributed by atoms with van der Waals surface area (Å²) < 4.78 is 0.900. The Balaban J connectivity index is 2.31. The normalized spacial score (nSPS) is 10.6. The Morgan fingerprint density at radius 3 is 2.50 bits per heavy atom. The van der Waals surface area contributed by atoms with E-state index in [0.29, 0.717) is 10.9 Å². The first-order valence-corrected chi connectivity index (χ1v) is 7.64. The molecule has 0 radical (unpaired) electrons. The van der Waals surface area contributed by atoms with Crippen LogP contribution in [0.3, 0.4) is 0 Å². The lowest BCUT2D eigenvalue weighted by Gasteiger charge is -2.15. The number of anilines is 2. The summed E-state index contributed by atoms with van der Waals surface area (Å²) in [5.74, 6) is 0.470. The molecule has 0 aliphatic rings.